The molecule has 0 atom stereocenters. The quantitative estimate of drug-likeness (QED) is 0.525. The highest BCUT2D eigenvalue weighted by Crippen LogP contribution is 2.36. The Kier molecular flexibility index (Phi) is 4.89. The third-order valence-electron chi connectivity index (χ3n) is 3.58. The normalized spacial score (nSPS) is 24.9. The second-order valence-corrected chi connectivity index (χ2v) is 6.40. The highest BCUT2D eigenvalue weighted by atomic mass is 127. The summed E-state index contributed by atoms with van der Waals surface area (Å²) in [6.45, 7) is 2.26. The molecule has 0 aromatic carbocycles. The number of hydrogen-bond acceptors (Lipinski definition) is 2. The Morgan fingerprint density at radius 3 is 2.12 bits per heavy atom. The summed E-state index contributed by atoms with van der Waals surface area (Å²) < 4.78 is 0.747. The topological polar surface area (TPSA) is 25.8 Å². The monoisotopic (exact) mass is 384 g/mol. The summed E-state index contributed by atoms with van der Waals surface area (Å²) in [7, 11) is 0. The van der Waals surface area contributed by atoms with E-state index in [1.54, 1.807) is 0 Å². The van der Waals surface area contributed by atoms with Gasteiger partial charge in [0, 0.05) is 5.92 Å². The van der Waals surface area contributed by atoms with E-state index in [1.165, 1.54) is 19.3 Å². The second-order valence-electron chi connectivity index (χ2n) is 4.60. The molecule has 1 aromatic rings. The molecule has 0 unspecified atom stereocenters. The lowest BCUT2D eigenvalue weighted by atomic mass is 9.80. The van der Waals surface area contributed by atoms with Gasteiger partial charge in [-0.25, -0.2) is 9.97 Å². The van der Waals surface area contributed by atoms with Crippen LogP contribution < -0.4 is 0 Å². The highest BCUT2D eigenvalue weighted by molar-refractivity contribution is 14.1. The van der Waals surface area contributed by atoms with Gasteiger partial charge in [-0.1, -0.05) is 36.5 Å². The zero-order chi connectivity index (χ0) is 12.4. The van der Waals surface area contributed by atoms with Crippen molar-refractivity contribution in [3.8, 4) is 0 Å². The maximum absolute atomic E-state index is 6.05. The van der Waals surface area contributed by atoms with Crippen molar-refractivity contribution in [2.24, 2.45) is 5.92 Å². The molecule has 2 rings (SSSR count). The van der Waals surface area contributed by atoms with E-state index in [2.05, 4.69) is 39.5 Å². The molecule has 0 spiro atoms. The van der Waals surface area contributed by atoms with Crippen molar-refractivity contribution in [2.45, 2.75) is 44.9 Å². The molecule has 1 aliphatic rings. The first kappa shape index (κ1) is 13.8. The summed E-state index contributed by atoms with van der Waals surface area (Å²) in [6, 6.07) is 0. The molecule has 1 heterocycles. The van der Waals surface area contributed by atoms with Crippen molar-refractivity contribution >= 4 is 45.8 Å². The molecule has 17 heavy (non-hydrogen) atoms. The molecule has 0 amide bonds. The van der Waals surface area contributed by atoms with Crippen molar-refractivity contribution in [3.05, 3.63) is 19.7 Å². The van der Waals surface area contributed by atoms with Crippen molar-refractivity contribution in [2.75, 3.05) is 0 Å². The molecule has 0 radical (unpaired) electrons. The molecule has 5 heteroatoms. The predicted octanol–water partition coefficient (Wildman–Crippen LogP) is 5.07. The molecule has 1 aromatic heterocycles. The average Bonchev–Trinajstić information content (AvgIpc) is 2.35. The van der Waals surface area contributed by atoms with Gasteiger partial charge in [-0.2, -0.15) is 0 Å². The lowest BCUT2D eigenvalue weighted by Crippen LogP contribution is -2.15. The van der Waals surface area contributed by atoms with Crippen LogP contribution in [0, 0.1) is 9.49 Å². The van der Waals surface area contributed by atoms with Crippen LogP contribution >= 0.6 is 45.8 Å². The van der Waals surface area contributed by atoms with Crippen LogP contribution in [-0.2, 0) is 0 Å². The number of halogens is 3. The van der Waals surface area contributed by atoms with E-state index in [9.17, 15) is 0 Å². The van der Waals surface area contributed by atoms with E-state index in [0.29, 0.717) is 16.2 Å². The summed E-state index contributed by atoms with van der Waals surface area (Å²) in [5.41, 5.74) is 0. The van der Waals surface area contributed by atoms with Gasteiger partial charge in [-0.05, 0) is 54.2 Å². The Morgan fingerprint density at radius 2 is 1.65 bits per heavy atom. The fourth-order valence-electron chi connectivity index (χ4n) is 2.42. The Morgan fingerprint density at radius 1 is 1.12 bits per heavy atom. The Bertz CT molecular complexity index is 380. The fourth-order valence-corrected chi connectivity index (χ4v) is 3.06. The standard InChI is InChI=1S/C12H15Cl2IN2/c1-2-7-3-5-8(6-4-7)12-16-10(13)9(15)11(14)17-12/h7-8H,2-6H2,1H3. The lowest BCUT2D eigenvalue weighted by molar-refractivity contribution is 0.312. The van der Waals surface area contributed by atoms with Gasteiger partial charge in [-0.3, -0.25) is 0 Å². The maximum atomic E-state index is 6.05. The number of hydrogen-bond donors (Lipinski definition) is 0. The van der Waals surface area contributed by atoms with Gasteiger partial charge in [0.2, 0.25) is 0 Å². The fraction of sp³-hybridized carbons (Fsp3) is 0.667. The van der Waals surface area contributed by atoms with Crippen LogP contribution in [0.2, 0.25) is 10.3 Å². The van der Waals surface area contributed by atoms with Crippen LogP contribution in [0.15, 0.2) is 0 Å². The van der Waals surface area contributed by atoms with Crippen LogP contribution in [0.25, 0.3) is 0 Å². The lowest BCUT2D eigenvalue weighted by Gasteiger charge is -2.26. The largest absolute Gasteiger partial charge is 0.220 e. The molecule has 0 saturated heterocycles. The molecule has 94 valence electrons. The minimum absolute atomic E-state index is 0.435. The van der Waals surface area contributed by atoms with Gasteiger partial charge < -0.3 is 0 Å². The predicted molar refractivity (Wildman–Crippen MR) is 79.8 cm³/mol. The van der Waals surface area contributed by atoms with Gasteiger partial charge in [0.1, 0.15) is 16.1 Å². The Balaban J connectivity index is 2.13. The molecule has 0 N–H and O–H groups in total. The van der Waals surface area contributed by atoms with Crippen LogP contribution in [0.3, 0.4) is 0 Å². The highest BCUT2D eigenvalue weighted by Gasteiger charge is 2.24. The number of nitrogens with zero attached hydrogens (tertiary/aromatic N) is 2. The SMILES string of the molecule is CCC1CCC(c2nc(Cl)c(I)c(Cl)n2)CC1. The van der Waals surface area contributed by atoms with Gasteiger partial charge in [-0.15, -0.1) is 0 Å². The first-order valence-corrected chi connectivity index (χ1v) is 7.83. The Hall–Kier alpha value is 0.390. The summed E-state index contributed by atoms with van der Waals surface area (Å²) >= 11 is 14.2. The number of rotatable bonds is 2. The van der Waals surface area contributed by atoms with Crippen molar-refractivity contribution in [3.63, 3.8) is 0 Å². The minimum Gasteiger partial charge on any atom is -0.220 e. The van der Waals surface area contributed by atoms with E-state index in [0.717, 1.165) is 28.2 Å². The van der Waals surface area contributed by atoms with Crippen LogP contribution in [-0.4, -0.2) is 9.97 Å². The smallest absolute Gasteiger partial charge is 0.147 e. The molecule has 1 fully saturated rings. The summed E-state index contributed by atoms with van der Waals surface area (Å²) in [5, 5.41) is 0.969. The summed E-state index contributed by atoms with van der Waals surface area (Å²) in [4.78, 5) is 8.74. The van der Waals surface area contributed by atoms with Gasteiger partial charge in [0.15, 0.2) is 0 Å². The molecule has 1 aliphatic carbocycles. The summed E-state index contributed by atoms with van der Waals surface area (Å²) in [5.74, 6) is 2.14. The van der Waals surface area contributed by atoms with E-state index >= 15 is 0 Å². The second kappa shape index (κ2) is 6.02. The first-order valence-electron chi connectivity index (χ1n) is 6.00. The zero-order valence-corrected chi connectivity index (χ0v) is 13.4. The molecular weight excluding hydrogens is 370 g/mol. The van der Waals surface area contributed by atoms with Crippen LogP contribution in [0.5, 0.6) is 0 Å². The van der Waals surface area contributed by atoms with Gasteiger partial charge in [0.25, 0.3) is 0 Å². The average molecular weight is 385 g/mol. The third-order valence-corrected chi connectivity index (χ3v) is 5.78. The van der Waals surface area contributed by atoms with E-state index in [4.69, 9.17) is 23.2 Å². The molecule has 1 saturated carbocycles. The molecular formula is C12H15Cl2IN2. The van der Waals surface area contributed by atoms with Crippen molar-refractivity contribution < 1.29 is 0 Å². The van der Waals surface area contributed by atoms with Crippen LogP contribution in [0.4, 0.5) is 0 Å². The molecule has 0 aliphatic heterocycles. The zero-order valence-electron chi connectivity index (χ0n) is 9.72. The van der Waals surface area contributed by atoms with Crippen LogP contribution in [0.1, 0.15) is 50.8 Å². The number of aromatic nitrogens is 2. The van der Waals surface area contributed by atoms with Gasteiger partial charge >= 0.3 is 0 Å². The molecule has 0 bridgehead atoms. The van der Waals surface area contributed by atoms with E-state index in [1.807, 2.05) is 0 Å². The maximum Gasteiger partial charge on any atom is 0.147 e. The minimum atomic E-state index is 0.435. The first-order chi connectivity index (χ1) is 8.11. The summed E-state index contributed by atoms with van der Waals surface area (Å²) in [6.07, 6.45) is 6.14. The van der Waals surface area contributed by atoms with E-state index < -0.39 is 0 Å². The van der Waals surface area contributed by atoms with Crippen molar-refractivity contribution in [1.82, 2.24) is 9.97 Å². The Labute approximate surface area is 126 Å². The van der Waals surface area contributed by atoms with Crippen molar-refractivity contribution in [1.29, 1.82) is 0 Å². The van der Waals surface area contributed by atoms with Gasteiger partial charge in [0.05, 0.1) is 3.57 Å². The van der Waals surface area contributed by atoms with E-state index in [-0.39, 0.29) is 0 Å². The molecule has 2 nitrogen and oxygen atoms in total. The third kappa shape index (κ3) is 3.24.